The molecule has 3 aromatic rings. The van der Waals surface area contributed by atoms with Crippen LogP contribution in [0, 0.1) is 0 Å². The number of hydrogen-bond donors (Lipinski definition) is 3. The fourth-order valence-electron chi connectivity index (χ4n) is 4.72. The van der Waals surface area contributed by atoms with Crippen molar-refractivity contribution in [2.45, 2.75) is 26.1 Å². The Labute approximate surface area is 224 Å². The van der Waals surface area contributed by atoms with Crippen LogP contribution in [-0.4, -0.2) is 60.6 Å². The largest absolute Gasteiger partial charge is 0.492 e. The van der Waals surface area contributed by atoms with Gasteiger partial charge in [-0.15, -0.1) is 0 Å². The molecule has 206 valence electrons. The average Bonchev–Trinajstić information content (AvgIpc) is 3.29. The smallest absolute Gasteiger partial charge is 0.421 e. The summed E-state index contributed by atoms with van der Waals surface area (Å²) in [7, 11) is 2.09. The first-order chi connectivity index (χ1) is 18.7. The van der Waals surface area contributed by atoms with Crippen LogP contribution in [-0.2, 0) is 23.9 Å². The van der Waals surface area contributed by atoms with Crippen molar-refractivity contribution >= 4 is 34.7 Å². The third kappa shape index (κ3) is 6.00. The summed E-state index contributed by atoms with van der Waals surface area (Å²) < 4.78 is 47.2. The highest BCUT2D eigenvalue weighted by atomic mass is 19.4. The number of carbonyl (C=O) groups is 1. The first-order valence-corrected chi connectivity index (χ1v) is 12.8. The summed E-state index contributed by atoms with van der Waals surface area (Å²) in [5.74, 6) is 0.0467. The molecule has 0 saturated carbocycles. The Bertz CT molecular complexity index is 1360. The van der Waals surface area contributed by atoms with Gasteiger partial charge in [0.25, 0.3) is 0 Å². The van der Waals surface area contributed by atoms with E-state index in [9.17, 15) is 18.0 Å². The van der Waals surface area contributed by atoms with Crippen LogP contribution in [0.25, 0.3) is 0 Å². The zero-order chi connectivity index (χ0) is 27.6. The number of likely N-dealkylation sites (N-methyl/N-ethyl adjacent to an activating group) is 1. The van der Waals surface area contributed by atoms with E-state index in [1.807, 2.05) is 25.1 Å². The van der Waals surface area contributed by atoms with Gasteiger partial charge in [0.15, 0.2) is 0 Å². The van der Waals surface area contributed by atoms with Gasteiger partial charge in [0.05, 0.1) is 18.7 Å². The van der Waals surface area contributed by atoms with E-state index in [-0.39, 0.29) is 30.6 Å². The van der Waals surface area contributed by atoms with Gasteiger partial charge in [-0.05, 0) is 43.3 Å². The van der Waals surface area contributed by atoms with E-state index >= 15 is 0 Å². The van der Waals surface area contributed by atoms with E-state index in [0.29, 0.717) is 29.3 Å². The van der Waals surface area contributed by atoms with Gasteiger partial charge in [-0.1, -0.05) is 12.1 Å². The van der Waals surface area contributed by atoms with Crippen molar-refractivity contribution in [3.63, 3.8) is 0 Å². The molecule has 39 heavy (non-hydrogen) atoms. The maximum absolute atomic E-state index is 13.8. The molecule has 1 amide bonds. The number of ether oxygens (including phenoxy) is 1. The highest BCUT2D eigenvalue weighted by Crippen LogP contribution is 2.36. The number of alkyl halides is 3. The minimum Gasteiger partial charge on any atom is -0.492 e. The van der Waals surface area contributed by atoms with Gasteiger partial charge in [-0.25, -0.2) is 4.98 Å². The Morgan fingerprint density at radius 3 is 2.67 bits per heavy atom. The van der Waals surface area contributed by atoms with Crippen molar-refractivity contribution < 1.29 is 22.7 Å². The topological polar surface area (TPSA) is 94.7 Å². The maximum atomic E-state index is 13.8. The van der Waals surface area contributed by atoms with E-state index in [0.717, 1.165) is 43.6 Å². The van der Waals surface area contributed by atoms with Gasteiger partial charge >= 0.3 is 6.18 Å². The summed E-state index contributed by atoms with van der Waals surface area (Å²) >= 11 is 0. The summed E-state index contributed by atoms with van der Waals surface area (Å²) in [4.78, 5) is 24.5. The Morgan fingerprint density at radius 2 is 1.92 bits per heavy atom. The highest BCUT2D eigenvalue weighted by molar-refractivity contribution is 5.99. The van der Waals surface area contributed by atoms with Crippen LogP contribution >= 0.6 is 0 Å². The molecule has 2 aromatic carbocycles. The first-order valence-electron chi connectivity index (χ1n) is 12.8. The van der Waals surface area contributed by atoms with Crippen molar-refractivity contribution in [3.8, 4) is 5.75 Å². The Kier molecular flexibility index (Phi) is 7.47. The number of aromatic nitrogens is 2. The lowest BCUT2D eigenvalue weighted by Gasteiger charge is -2.34. The minimum atomic E-state index is -4.66. The minimum absolute atomic E-state index is 0.00562. The molecule has 0 aliphatic carbocycles. The molecule has 1 aromatic heterocycles. The number of amides is 1. The molecule has 3 N–H and O–H groups in total. The number of nitrogens with zero attached hydrogens (tertiary/aromatic N) is 4. The fraction of sp³-hybridized carbons (Fsp3) is 0.370. The highest BCUT2D eigenvalue weighted by Gasteiger charge is 2.35. The molecule has 12 heteroatoms. The zero-order valence-corrected chi connectivity index (χ0v) is 21.7. The lowest BCUT2D eigenvalue weighted by Crippen LogP contribution is -2.44. The van der Waals surface area contributed by atoms with Crippen LogP contribution in [0.5, 0.6) is 5.75 Å². The molecular formula is C27H30F3N7O2. The number of anilines is 5. The van der Waals surface area contributed by atoms with Crippen LogP contribution in [0.1, 0.15) is 23.6 Å². The monoisotopic (exact) mass is 541 g/mol. The quantitative estimate of drug-likeness (QED) is 0.384. The van der Waals surface area contributed by atoms with Crippen LogP contribution in [0.2, 0.25) is 0 Å². The standard InChI is InChI=1S/C27H30F3N7O2/c1-3-39-23-13-18(37-11-9-36(2)10-12-37)7-8-22(23)34-26-32-16-20(27(28,29)30)25(35-26)31-15-17-5-4-6-21-19(17)14-24(38)33-21/h4-8,13,16H,3,9-12,14-15H2,1-2H3,(H,33,38)(H2,31,32,34,35). The Morgan fingerprint density at radius 1 is 1.13 bits per heavy atom. The lowest BCUT2D eigenvalue weighted by molar-refractivity contribution is -0.137. The van der Waals surface area contributed by atoms with Crippen molar-refractivity contribution in [2.75, 3.05) is 60.7 Å². The number of benzene rings is 2. The van der Waals surface area contributed by atoms with Crippen molar-refractivity contribution in [3.05, 3.63) is 59.3 Å². The second-order valence-corrected chi connectivity index (χ2v) is 9.50. The lowest BCUT2D eigenvalue weighted by atomic mass is 10.0. The number of carbonyl (C=O) groups excluding carboxylic acids is 1. The summed E-state index contributed by atoms with van der Waals surface area (Å²) in [6.07, 6.45) is -3.71. The Balaban J connectivity index is 1.39. The van der Waals surface area contributed by atoms with Crippen molar-refractivity contribution in [2.24, 2.45) is 0 Å². The molecular weight excluding hydrogens is 511 g/mol. The van der Waals surface area contributed by atoms with E-state index in [1.54, 1.807) is 18.2 Å². The third-order valence-electron chi connectivity index (χ3n) is 6.80. The molecule has 5 rings (SSSR count). The van der Waals surface area contributed by atoms with Gasteiger partial charge in [0.2, 0.25) is 11.9 Å². The molecule has 0 spiro atoms. The predicted octanol–water partition coefficient (Wildman–Crippen LogP) is 4.50. The number of rotatable bonds is 8. The summed E-state index contributed by atoms with van der Waals surface area (Å²) in [6, 6.07) is 11.0. The molecule has 2 aliphatic heterocycles. The van der Waals surface area contributed by atoms with E-state index in [4.69, 9.17) is 4.74 Å². The zero-order valence-electron chi connectivity index (χ0n) is 21.7. The number of hydrogen-bond acceptors (Lipinski definition) is 8. The molecule has 3 heterocycles. The molecule has 0 bridgehead atoms. The summed E-state index contributed by atoms with van der Waals surface area (Å²) in [5.41, 5.74) is 2.72. The van der Waals surface area contributed by atoms with Gasteiger partial charge in [0, 0.05) is 56.4 Å². The van der Waals surface area contributed by atoms with Crippen LogP contribution < -0.4 is 25.6 Å². The second kappa shape index (κ2) is 11.0. The molecule has 0 unspecified atom stereocenters. The number of nitrogens with one attached hydrogen (secondary N) is 3. The van der Waals surface area contributed by atoms with E-state index in [1.165, 1.54) is 0 Å². The normalized spacial score (nSPS) is 15.6. The van der Waals surface area contributed by atoms with Gasteiger partial charge in [-0.2, -0.15) is 18.2 Å². The van der Waals surface area contributed by atoms with Crippen molar-refractivity contribution in [1.29, 1.82) is 0 Å². The van der Waals surface area contributed by atoms with E-state index < -0.39 is 11.7 Å². The van der Waals surface area contributed by atoms with Crippen molar-refractivity contribution in [1.82, 2.24) is 14.9 Å². The SMILES string of the molecule is CCOc1cc(N2CCN(C)CC2)ccc1Nc1ncc(C(F)(F)F)c(NCc2cccc3c2CC(=O)N3)n1. The molecule has 2 aliphatic rings. The maximum Gasteiger partial charge on any atom is 0.421 e. The van der Waals surface area contributed by atoms with E-state index in [2.05, 4.69) is 42.8 Å². The molecule has 0 radical (unpaired) electrons. The first kappa shape index (κ1) is 26.5. The van der Waals surface area contributed by atoms with Crippen LogP contribution in [0.3, 0.4) is 0 Å². The molecule has 0 atom stereocenters. The number of fused-ring (bicyclic) bond motifs is 1. The number of halogens is 3. The predicted molar refractivity (Wildman–Crippen MR) is 144 cm³/mol. The number of piperazine rings is 1. The summed E-state index contributed by atoms with van der Waals surface area (Å²) in [5, 5.41) is 8.58. The van der Waals surface area contributed by atoms with Gasteiger partial charge < -0.3 is 30.5 Å². The summed E-state index contributed by atoms with van der Waals surface area (Å²) in [6.45, 7) is 6.03. The average molecular weight is 542 g/mol. The van der Waals surface area contributed by atoms with Gasteiger partial charge in [-0.3, -0.25) is 4.79 Å². The molecule has 9 nitrogen and oxygen atoms in total. The second-order valence-electron chi connectivity index (χ2n) is 9.50. The molecule has 1 fully saturated rings. The molecule has 1 saturated heterocycles. The van der Waals surface area contributed by atoms with Gasteiger partial charge in [0.1, 0.15) is 17.1 Å². The third-order valence-corrected chi connectivity index (χ3v) is 6.80. The van der Waals surface area contributed by atoms with Crippen LogP contribution in [0.4, 0.5) is 42.0 Å². The fourth-order valence-corrected chi connectivity index (χ4v) is 4.72. The van der Waals surface area contributed by atoms with Crippen LogP contribution in [0.15, 0.2) is 42.6 Å². The Hall–Kier alpha value is -4.06.